The summed E-state index contributed by atoms with van der Waals surface area (Å²) in [7, 11) is 1.65. The molecule has 1 aliphatic carbocycles. The van der Waals surface area contributed by atoms with Crippen molar-refractivity contribution in [3.63, 3.8) is 0 Å². The van der Waals surface area contributed by atoms with Gasteiger partial charge in [0.25, 0.3) is 0 Å². The number of benzene rings is 1. The van der Waals surface area contributed by atoms with E-state index in [1.54, 1.807) is 7.11 Å². The molecule has 3 unspecified atom stereocenters. The molecule has 0 spiro atoms. The van der Waals surface area contributed by atoms with Gasteiger partial charge in [0.05, 0.1) is 18.9 Å². The van der Waals surface area contributed by atoms with E-state index >= 15 is 0 Å². The second-order valence-electron chi connectivity index (χ2n) is 7.39. The maximum Gasteiger partial charge on any atom is 0.226 e. The van der Waals surface area contributed by atoms with Crippen LogP contribution in [0.4, 0.5) is 0 Å². The maximum absolute atomic E-state index is 12.8. The number of amides is 2. The van der Waals surface area contributed by atoms with Crippen LogP contribution in [0.15, 0.2) is 24.3 Å². The Bertz CT molecular complexity index is 646. The van der Waals surface area contributed by atoms with Crippen molar-refractivity contribution in [3.05, 3.63) is 29.8 Å². The SMILES string of the molecule is CCC1CCCCN1C(=O)C1CC1C(=O)NCCc1ccccc1OC. The summed E-state index contributed by atoms with van der Waals surface area (Å²) in [4.78, 5) is 27.2. The number of hydrogen-bond donors (Lipinski definition) is 1. The Morgan fingerprint density at radius 1 is 1.23 bits per heavy atom. The van der Waals surface area contributed by atoms with E-state index in [-0.39, 0.29) is 23.7 Å². The van der Waals surface area contributed by atoms with E-state index in [0.29, 0.717) is 19.0 Å². The number of methoxy groups -OCH3 is 1. The van der Waals surface area contributed by atoms with E-state index < -0.39 is 0 Å². The van der Waals surface area contributed by atoms with Gasteiger partial charge in [0, 0.05) is 19.1 Å². The molecule has 2 amide bonds. The fourth-order valence-electron chi connectivity index (χ4n) is 4.05. The summed E-state index contributed by atoms with van der Waals surface area (Å²) in [5, 5.41) is 2.99. The summed E-state index contributed by atoms with van der Waals surface area (Å²) in [5.41, 5.74) is 1.08. The van der Waals surface area contributed by atoms with Crippen LogP contribution in [0.25, 0.3) is 0 Å². The Morgan fingerprint density at radius 3 is 2.81 bits per heavy atom. The fourth-order valence-corrected chi connectivity index (χ4v) is 4.05. The minimum atomic E-state index is -0.139. The van der Waals surface area contributed by atoms with Crippen molar-refractivity contribution in [2.24, 2.45) is 11.8 Å². The third-order valence-electron chi connectivity index (χ3n) is 5.71. The molecular formula is C21H30N2O3. The molecule has 2 fully saturated rings. The van der Waals surface area contributed by atoms with Gasteiger partial charge < -0.3 is 15.0 Å². The van der Waals surface area contributed by atoms with Crippen LogP contribution in [0.2, 0.25) is 0 Å². The number of carbonyl (C=O) groups excluding carboxylic acids is 2. The minimum absolute atomic E-state index is 0.0169. The second kappa shape index (κ2) is 8.56. The van der Waals surface area contributed by atoms with Crippen LogP contribution in [0.5, 0.6) is 5.75 Å². The Hall–Kier alpha value is -2.04. The summed E-state index contributed by atoms with van der Waals surface area (Å²) < 4.78 is 5.34. The fraction of sp³-hybridized carbons (Fsp3) is 0.619. The first kappa shape index (κ1) is 18.7. The average Bonchev–Trinajstić information content (AvgIpc) is 3.48. The lowest BCUT2D eigenvalue weighted by atomic mass is 9.99. The quantitative estimate of drug-likeness (QED) is 0.815. The molecule has 2 aliphatic rings. The van der Waals surface area contributed by atoms with Crippen molar-refractivity contribution in [3.8, 4) is 5.75 Å². The lowest BCUT2D eigenvalue weighted by molar-refractivity contribution is -0.138. The van der Waals surface area contributed by atoms with Gasteiger partial charge in [-0.2, -0.15) is 0 Å². The molecule has 0 aromatic heterocycles. The van der Waals surface area contributed by atoms with Crippen molar-refractivity contribution in [2.75, 3.05) is 20.2 Å². The highest BCUT2D eigenvalue weighted by molar-refractivity contribution is 5.92. The first-order chi connectivity index (χ1) is 12.7. The Morgan fingerprint density at radius 2 is 2.04 bits per heavy atom. The van der Waals surface area contributed by atoms with Crippen molar-refractivity contribution in [1.29, 1.82) is 0 Å². The molecule has 5 heteroatoms. The number of piperidine rings is 1. The second-order valence-corrected chi connectivity index (χ2v) is 7.39. The smallest absolute Gasteiger partial charge is 0.226 e. The number of para-hydroxylation sites is 1. The first-order valence-corrected chi connectivity index (χ1v) is 9.85. The van der Waals surface area contributed by atoms with E-state index in [1.165, 1.54) is 6.42 Å². The molecular weight excluding hydrogens is 328 g/mol. The van der Waals surface area contributed by atoms with Crippen LogP contribution in [-0.4, -0.2) is 43.0 Å². The van der Waals surface area contributed by atoms with E-state index in [9.17, 15) is 9.59 Å². The highest BCUT2D eigenvalue weighted by Gasteiger charge is 2.50. The van der Waals surface area contributed by atoms with Crippen LogP contribution < -0.4 is 10.1 Å². The van der Waals surface area contributed by atoms with Crippen molar-refractivity contribution < 1.29 is 14.3 Å². The molecule has 1 heterocycles. The number of ether oxygens (including phenoxy) is 1. The van der Waals surface area contributed by atoms with E-state index in [2.05, 4.69) is 12.2 Å². The van der Waals surface area contributed by atoms with Crippen LogP contribution >= 0.6 is 0 Å². The summed E-state index contributed by atoms with van der Waals surface area (Å²) >= 11 is 0. The van der Waals surface area contributed by atoms with Crippen LogP contribution in [0.3, 0.4) is 0 Å². The molecule has 26 heavy (non-hydrogen) atoms. The lowest BCUT2D eigenvalue weighted by Crippen LogP contribution is -2.44. The van der Waals surface area contributed by atoms with Crippen LogP contribution in [-0.2, 0) is 16.0 Å². The number of likely N-dealkylation sites (tertiary alicyclic amines) is 1. The molecule has 5 nitrogen and oxygen atoms in total. The Kier molecular flexibility index (Phi) is 6.17. The zero-order chi connectivity index (χ0) is 18.5. The molecule has 3 rings (SSSR count). The third kappa shape index (κ3) is 4.19. The third-order valence-corrected chi connectivity index (χ3v) is 5.71. The van der Waals surface area contributed by atoms with Gasteiger partial charge in [-0.15, -0.1) is 0 Å². The molecule has 1 aliphatic heterocycles. The van der Waals surface area contributed by atoms with E-state index in [4.69, 9.17) is 4.74 Å². The number of rotatable bonds is 7. The molecule has 3 atom stereocenters. The van der Waals surface area contributed by atoms with E-state index in [0.717, 1.165) is 43.5 Å². The van der Waals surface area contributed by atoms with Gasteiger partial charge in [0.1, 0.15) is 5.75 Å². The molecule has 0 radical (unpaired) electrons. The lowest BCUT2D eigenvalue weighted by Gasteiger charge is -2.35. The van der Waals surface area contributed by atoms with Gasteiger partial charge in [0.2, 0.25) is 11.8 Å². The van der Waals surface area contributed by atoms with Gasteiger partial charge in [-0.25, -0.2) is 0 Å². The zero-order valence-electron chi connectivity index (χ0n) is 15.9. The Labute approximate surface area is 156 Å². The molecule has 1 aromatic carbocycles. The summed E-state index contributed by atoms with van der Waals surface area (Å²) in [6.07, 6.45) is 5.83. The number of carbonyl (C=O) groups is 2. The van der Waals surface area contributed by atoms with Gasteiger partial charge in [-0.05, 0) is 50.2 Å². The number of nitrogens with one attached hydrogen (secondary N) is 1. The topological polar surface area (TPSA) is 58.6 Å². The molecule has 1 aromatic rings. The molecule has 1 saturated carbocycles. The van der Waals surface area contributed by atoms with Gasteiger partial charge >= 0.3 is 0 Å². The number of nitrogens with zero attached hydrogens (tertiary/aromatic N) is 1. The molecule has 1 N–H and O–H groups in total. The average molecular weight is 358 g/mol. The highest BCUT2D eigenvalue weighted by atomic mass is 16.5. The van der Waals surface area contributed by atoms with Gasteiger partial charge in [0.15, 0.2) is 0 Å². The number of hydrogen-bond acceptors (Lipinski definition) is 3. The molecule has 142 valence electrons. The maximum atomic E-state index is 12.8. The van der Waals surface area contributed by atoms with E-state index in [1.807, 2.05) is 29.2 Å². The highest BCUT2D eigenvalue weighted by Crippen LogP contribution is 2.41. The van der Waals surface area contributed by atoms with Gasteiger partial charge in [-0.3, -0.25) is 9.59 Å². The standard InChI is InChI=1S/C21H30N2O3/c1-3-16-9-6-7-13-23(16)21(25)18-14-17(18)20(24)22-12-11-15-8-4-5-10-19(15)26-2/h4-5,8,10,16-18H,3,6-7,9,11-14H2,1-2H3,(H,22,24). The molecule has 1 saturated heterocycles. The first-order valence-electron chi connectivity index (χ1n) is 9.85. The minimum Gasteiger partial charge on any atom is -0.496 e. The normalized spacial score (nSPS) is 24.8. The van der Waals surface area contributed by atoms with Crippen molar-refractivity contribution in [1.82, 2.24) is 10.2 Å². The summed E-state index contributed by atoms with van der Waals surface area (Å²) in [6.45, 7) is 3.57. The Balaban J connectivity index is 1.46. The summed E-state index contributed by atoms with van der Waals surface area (Å²) in [5.74, 6) is 0.815. The monoisotopic (exact) mass is 358 g/mol. The predicted molar refractivity (Wildman–Crippen MR) is 101 cm³/mol. The predicted octanol–water partition coefficient (Wildman–Crippen LogP) is 2.78. The van der Waals surface area contributed by atoms with Crippen LogP contribution in [0, 0.1) is 11.8 Å². The zero-order valence-corrected chi connectivity index (χ0v) is 15.9. The van der Waals surface area contributed by atoms with Crippen molar-refractivity contribution >= 4 is 11.8 Å². The van der Waals surface area contributed by atoms with Crippen molar-refractivity contribution in [2.45, 2.75) is 51.5 Å². The summed E-state index contributed by atoms with van der Waals surface area (Å²) in [6, 6.07) is 8.21. The van der Waals surface area contributed by atoms with Gasteiger partial charge in [-0.1, -0.05) is 25.1 Å². The van der Waals surface area contributed by atoms with Crippen LogP contribution in [0.1, 0.15) is 44.6 Å². The molecule has 0 bridgehead atoms. The largest absolute Gasteiger partial charge is 0.496 e.